The number of furan rings is 1. The Kier molecular flexibility index (Phi) is 7.39. The molecule has 0 unspecified atom stereocenters. The molecule has 266 valence electrons. The van der Waals surface area contributed by atoms with Crippen molar-refractivity contribution >= 4 is 65.0 Å². The van der Waals surface area contributed by atoms with Crippen LogP contribution in [0.5, 0.6) is 0 Å². The van der Waals surface area contributed by atoms with Gasteiger partial charge in [-0.2, -0.15) is 0 Å². The number of para-hydroxylation sites is 1. The van der Waals surface area contributed by atoms with E-state index in [0.29, 0.717) is 0 Å². The second-order valence-corrected chi connectivity index (χ2v) is 15.8. The zero-order valence-corrected chi connectivity index (χ0v) is 33.0. The van der Waals surface area contributed by atoms with Crippen LogP contribution in [0.3, 0.4) is 0 Å². The first-order valence-electron chi connectivity index (χ1n) is 19.5. The van der Waals surface area contributed by atoms with Crippen LogP contribution in [-0.4, -0.2) is 0 Å². The SMILES string of the molecule is Cc1c(C)c(C)c2c(-c3cccc4oc5ccccc5c34)c3c(C)c(C)c(C)c(C)c3c(-c3ccc(-c4ccc5ccc6ccccc6c5c4)cc3)c2c1C. The number of aryl methyl sites for hydroxylation is 4. The normalized spacial score (nSPS) is 12.0. The molecule has 0 atom stereocenters. The van der Waals surface area contributed by atoms with E-state index in [1.807, 2.05) is 0 Å². The van der Waals surface area contributed by atoms with Gasteiger partial charge in [-0.1, -0.05) is 103 Å². The molecule has 0 bridgehead atoms. The Hall–Kier alpha value is -6.18. The van der Waals surface area contributed by atoms with Crippen molar-refractivity contribution in [1.82, 2.24) is 0 Å². The molecule has 0 fully saturated rings. The van der Waals surface area contributed by atoms with Crippen LogP contribution in [0.4, 0.5) is 0 Å². The molecule has 10 aromatic rings. The third-order valence-corrected chi connectivity index (χ3v) is 13.3. The van der Waals surface area contributed by atoms with Gasteiger partial charge in [-0.25, -0.2) is 0 Å². The maximum absolute atomic E-state index is 6.52. The predicted octanol–water partition coefficient (Wildman–Crippen LogP) is 15.7. The van der Waals surface area contributed by atoms with E-state index in [1.165, 1.54) is 126 Å². The van der Waals surface area contributed by atoms with E-state index in [0.717, 1.165) is 16.6 Å². The molecule has 0 saturated carbocycles. The molecule has 0 aliphatic rings. The Labute approximate surface area is 322 Å². The highest BCUT2D eigenvalue weighted by Crippen LogP contribution is 2.52. The van der Waals surface area contributed by atoms with Crippen LogP contribution in [0, 0.1) is 55.4 Å². The van der Waals surface area contributed by atoms with E-state index in [1.54, 1.807) is 0 Å². The molecule has 0 aliphatic carbocycles. The van der Waals surface area contributed by atoms with Crippen molar-refractivity contribution in [2.75, 3.05) is 0 Å². The Morgan fingerprint density at radius 1 is 0.309 bits per heavy atom. The highest BCUT2D eigenvalue weighted by atomic mass is 16.3. The monoisotopic (exact) mass is 708 g/mol. The fraction of sp³-hybridized carbons (Fsp3) is 0.148. The average Bonchev–Trinajstić information content (AvgIpc) is 3.61. The van der Waals surface area contributed by atoms with Gasteiger partial charge >= 0.3 is 0 Å². The fourth-order valence-electron chi connectivity index (χ4n) is 9.68. The molecule has 55 heavy (non-hydrogen) atoms. The van der Waals surface area contributed by atoms with Crippen molar-refractivity contribution in [3.63, 3.8) is 0 Å². The van der Waals surface area contributed by atoms with E-state index >= 15 is 0 Å². The highest BCUT2D eigenvalue weighted by Gasteiger charge is 2.27. The third-order valence-electron chi connectivity index (χ3n) is 13.3. The topological polar surface area (TPSA) is 13.1 Å². The van der Waals surface area contributed by atoms with Crippen molar-refractivity contribution in [3.8, 4) is 33.4 Å². The number of hydrogen-bond acceptors (Lipinski definition) is 1. The lowest BCUT2D eigenvalue weighted by atomic mass is 9.76. The summed E-state index contributed by atoms with van der Waals surface area (Å²) in [6.45, 7) is 18.6. The Bertz CT molecular complexity index is 3180. The van der Waals surface area contributed by atoms with Crippen LogP contribution in [0.1, 0.15) is 44.5 Å². The standard InChI is InChI=1S/C54H44O/c1-29-31(3)35(7)50-48(33(29)5)52(40-25-20-37(21-26-40)41-27-24-39-23-22-38-14-9-10-15-42(38)45(39)28-41)49-34(6)30(2)32(4)36(8)51(49)54(50)44-17-13-19-47-53(44)43-16-11-12-18-46(43)55-47/h9-28H,1-8H3. The Morgan fingerprint density at radius 2 is 0.782 bits per heavy atom. The van der Waals surface area contributed by atoms with Gasteiger partial charge in [0.1, 0.15) is 11.2 Å². The zero-order chi connectivity index (χ0) is 37.9. The van der Waals surface area contributed by atoms with Crippen molar-refractivity contribution in [1.29, 1.82) is 0 Å². The Balaban J connectivity index is 1.32. The van der Waals surface area contributed by atoms with Gasteiger partial charge in [0.15, 0.2) is 0 Å². The highest BCUT2D eigenvalue weighted by molar-refractivity contribution is 6.28. The molecule has 1 heterocycles. The molecule has 1 heteroatoms. The quantitative estimate of drug-likeness (QED) is 0.132. The van der Waals surface area contributed by atoms with Gasteiger partial charge in [0, 0.05) is 10.8 Å². The molecule has 9 aromatic carbocycles. The summed E-state index contributed by atoms with van der Waals surface area (Å²) in [5.74, 6) is 0. The minimum atomic E-state index is 0.926. The second kappa shape index (κ2) is 12.2. The van der Waals surface area contributed by atoms with Gasteiger partial charge in [-0.15, -0.1) is 0 Å². The maximum Gasteiger partial charge on any atom is 0.136 e. The second-order valence-electron chi connectivity index (χ2n) is 15.8. The van der Waals surface area contributed by atoms with Crippen LogP contribution in [0.15, 0.2) is 126 Å². The Morgan fingerprint density at radius 3 is 1.42 bits per heavy atom. The summed E-state index contributed by atoms with van der Waals surface area (Å²) >= 11 is 0. The molecule has 0 radical (unpaired) electrons. The van der Waals surface area contributed by atoms with Gasteiger partial charge in [-0.05, 0) is 195 Å². The molecule has 10 rings (SSSR count). The molecule has 0 aliphatic heterocycles. The third kappa shape index (κ3) is 4.72. The molecule has 0 spiro atoms. The number of hydrogen-bond donors (Lipinski definition) is 0. The lowest BCUT2D eigenvalue weighted by molar-refractivity contribution is 0.669. The first-order chi connectivity index (χ1) is 26.6. The van der Waals surface area contributed by atoms with Crippen LogP contribution in [0.2, 0.25) is 0 Å². The zero-order valence-electron chi connectivity index (χ0n) is 33.0. The number of fused-ring (bicyclic) bond motifs is 8. The van der Waals surface area contributed by atoms with Crippen molar-refractivity contribution in [2.24, 2.45) is 0 Å². The summed E-state index contributed by atoms with van der Waals surface area (Å²) in [4.78, 5) is 0. The van der Waals surface area contributed by atoms with Gasteiger partial charge in [0.25, 0.3) is 0 Å². The number of benzene rings is 9. The molecule has 0 amide bonds. The molecule has 0 N–H and O–H groups in total. The van der Waals surface area contributed by atoms with E-state index in [2.05, 4.69) is 177 Å². The van der Waals surface area contributed by atoms with Crippen LogP contribution in [0.25, 0.3) is 98.4 Å². The van der Waals surface area contributed by atoms with Gasteiger partial charge in [0.05, 0.1) is 0 Å². The van der Waals surface area contributed by atoms with Crippen molar-refractivity contribution < 1.29 is 4.42 Å². The van der Waals surface area contributed by atoms with Gasteiger partial charge in [0.2, 0.25) is 0 Å². The summed E-state index contributed by atoms with van der Waals surface area (Å²) < 4.78 is 6.52. The van der Waals surface area contributed by atoms with Crippen LogP contribution >= 0.6 is 0 Å². The van der Waals surface area contributed by atoms with E-state index in [4.69, 9.17) is 4.42 Å². The van der Waals surface area contributed by atoms with E-state index in [-0.39, 0.29) is 0 Å². The molecule has 0 saturated heterocycles. The van der Waals surface area contributed by atoms with Gasteiger partial charge < -0.3 is 4.42 Å². The van der Waals surface area contributed by atoms with Crippen LogP contribution in [-0.2, 0) is 0 Å². The molecular formula is C54H44O. The van der Waals surface area contributed by atoms with Crippen molar-refractivity contribution in [3.05, 3.63) is 166 Å². The summed E-state index contributed by atoms with van der Waals surface area (Å²) in [5.41, 5.74) is 20.3. The smallest absolute Gasteiger partial charge is 0.136 e. The van der Waals surface area contributed by atoms with Crippen molar-refractivity contribution in [2.45, 2.75) is 55.4 Å². The first kappa shape index (κ1) is 33.4. The van der Waals surface area contributed by atoms with E-state index < -0.39 is 0 Å². The largest absolute Gasteiger partial charge is 0.456 e. The van der Waals surface area contributed by atoms with Crippen LogP contribution < -0.4 is 0 Å². The number of rotatable bonds is 3. The lowest BCUT2D eigenvalue weighted by Crippen LogP contribution is -2.03. The maximum atomic E-state index is 6.52. The van der Waals surface area contributed by atoms with E-state index in [9.17, 15) is 0 Å². The summed E-state index contributed by atoms with van der Waals surface area (Å²) in [5, 5.41) is 12.9. The minimum absolute atomic E-state index is 0.926. The summed E-state index contributed by atoms with van der Waals surface area (Å²) in [6.07, 6.45) is 0. The lowest BCUT2D eigenvalue weighted by Gasteiger charge is -2.27. The minimum Gasteiger partial charge on any atom is -0.456 e. The predicted molar refractivity (Wildman–Crippen MR) is 238 cm³/mol. The average molecular weight is 709 g/mol. The summed E-state index contributed by atoms with van der Waals surface area (Å²) in [7, 11) is 0. The fourth-order valence-corrected chi connectivity index (χ4v) is 9.68. The summed E-state index contributed by atoms with van der Waals surface area (Å²) in [6, 6.07) is 44.6. The molecular weight excluding hydrogens is 665 g/mol. The van der Waals surface area contributed by atoms with Gasteiger partial charge in [-0.3, -0.25) is 0 Å². The first-order valence-corrected chi connectivity index (χ1v) is 19.5. The molecule has 1 aromatic heterocycles. The molecule has 1 nitrogen and oxygen atoms in total.